The van der Waals surface area contributed by atoms with Crippen molar-refractivity contribution in [1.29, 1.82) is 0 Å². The molecule has 2 amide bonds. The minimum absolute atomic E-state index is 0.0150. The van der Waals surface area contributed by atoms with E-state index in [0.29, 0.717) is 18.5 Å². The summed E-state index contributed by atoms with van der Waals surface area (Å²) < 4.78 is 32.8. The molecule has 1 aromatic carbocycles. The summed E-state index contributed by atoms with van der Waals surface area (Å²) in [5.74, 6) is -0.275. The Morgan fingerprint density at radius 3 is 2.71 bits per heavy atom. The van der Waals surface area contributed by atoms with Gasteiger partial charge in [-0.3, -0.25) is 9.59 Å². The third-order valence-electron chi connectivity index (χ3n) is 5.11. The quantitative estimate of drug-likeness (QED) is 0.744. The van der Waals surface area contributed by atoms with Crippen molar-refractivity contribution in [3.05, 3.63) is 17.2 Å². The molecule has 1 atom stereocenters. The number of carbonyl (C=O) groups excluding carboxylic acids is 2. The van der Waals surface area contributed by atoms with Crippen LogP contribution in [0.4, 0.5) is 5.69 Å². The summed E-state index contributed by atoms with van der Waals surface area (Å²) in [6, 6.07) is 2.82. The maximum absolute atomic E-state index is 13.1. The number of hydrogen-bond acceptors (Lipinski definition) is 5. The number of nitrogens with zero attached hydrogens (tertiary/aromatic N) is 1. The first-order chi connectivity index (χ1) is 13.2. The molecule has 154 valence electrons. The predicted molar refractivity (Wildman–Crippen MR) is 105 cm³/mol. The summed E-state index contributed by atoms with van der Waals surface area (Å²) in [7, 11) is -3.84. The molecule has 1 unspecified atom stereocenters. The third-order valence-corrected chi connectivity index (χ3v) is 7.47. The van der Waals surface area contributed by atoms with Gasteiger partial charge in [0.15, 0.2) is 6.61 Å². The van der Waals surface area contributed by atoms with Crippen LogP contribution in [0.2, 0.25) is 5.02 Å². The van der Waals surface area contributed by atoms with Crippen molar-refractivity contribution < 1.29 is 22.7 Å². The normalized spacial score (nSPS) is 19.3. The minimum atomic E-state index is -3.84. The van der Waals surface area contributed by atoms with Gasteiger partial charge in [0.2, 0.25) is 15.9 Å². The van der Waals surface area contributed by atoms with Gasteiger partial charge in [0.25, 0.3) is 5.91 Å². The van der Waals surface area contributed by atoms with Crippen molar-refractivity contribution in [2.45, 2.75) is 44.0 Å². The average Bonchev–Trinajstić information content (AvgIpc) is 2.67. The van der Waals surface area contributed by atoms with E-state index in [1.54, 1.807) is 0 Å². The number of sulfonamides is 1. The number of nitrogens with one attached hydrogen (secondary N) is 2. The number of halogens is 1. The number of benzene rings is 1. The molecule has 8 nitrogen and oxygen atoms in total. The van der Waals surface area contributed by atoms with Gasteiger partial charge >= 0.3 is 0 Å². The topological polar surface area (TPSA) is 105 Å². The molecule has 2 N–H and O–H groups in total. The number of fused-ring (bicyclic) bond motifs is 1. The number of carbonyl (C=O) groups is 2. The zero-order valence-corrected chi connectivity index (χ0v) is 17.4. The van der Waals surface area contributed by atoms with Crippen LogP contribution < -0.4 is 15.4 Å². The van der Waals surface area contributed by atoms with Gasteiger partial charge in [0.1, 0.15) is 10.6 Å². The SMILES string of the molecule is CCC(C)NC(=O)C1CCN(S(=O)(=O)c2cc3c(cc2Cl)NC(=O)CO3)CC1. The lowest BCUT2D eigenvalue weighted by Gasteiger charge is -2.31. The van der Waals surface area contributed by atoms with Crippen LogP contribution in [0.1, 0.15) is 33.1 Å². The van der Waals surface area contributed by atoms with E-state index in [2.05, 4.69) is 10.6 Å². The van der Waals surface area contributed by atoms with Crippen LogP contribution in [0.25, 0.3) is 0 Å². The third kappa shape index (κ3) is 4.26. The Kier molecular flexibility index (Phi) is 6.16. The molecule has 1 saturated heterocycles. The van der Waals surface area contributed by atoms with Gasteiger partial charge in [-0.05, 0) is 32.3 Å². The Labute approximate surface area is 169 Å². The van der Waals surface area contributed by atoms with E-state index in [9.17, 15) is 18.0 Å². The van der Waals surface area contributed by atoms with Gasteiger partial charge in [-0.25, -0.2) is 8.42 Å². The number of ether oxygens (including phenoxy) is 1. The molecule has 1 aromatic rings. The van der Waals surface area contributed by atoms with Crippen LogP contribution in [0.5, 0.6) is 5.75 Å². The summed E-state index contributed by atoms with van der Waals surface area (Å²) in [6.45, 7) is 4.25. The van der Waals surface area contributed by atoms with E-state index >= 15 is 0 Å². The Bertz CT molecular complexity index is 881. The summed E-state index contributed by atoms with van der Waals surface area (Å²) >= 11 is 6.19. The van der Waals surface area contributed by atoms with Crippen molar-refractivity contribution in [3.8, 4) is 5.75 Å². The highest BCUT2D eigenvalue weighted by Gasteiger charge is 2.34. The molecule has 3 rings (SSSR count). The smallest absolute Gasteiger partial charge is 0.262 e. The largest absolute Gasteiger partial charge is 0.482 e. The molecule has 2 aliphatic rings. The first-order valence-corrected chi connectivity index (χ1v) is 11.1. The molecule has 0 aliphatic carbocycles. The fourth-order valence-electron chi connectivity index (χ4n) is 3.24. The second kappa shape index (κ2) is 8.26. The molecule has 0 radical (unpaired) electrons. The number of amides is 2. The lowest BCUT2D eigenvalue weighted by molar-refractivity contribution is -0.126. The number of anilines is 1. The Hall–Kier alpha value is -1.84. The number of rotatable bonds is 5. The van der Waals surface area contributed by atoms with Crippen LogP contribution >= 0.6 is 11.6 Å². The van der Waals surface area contributed by atoms with E-state index in [1.165, 1.54) is 16.4 Å². The molecule has 10 heteroatoms. The van der Waals surface area contributed by atoms with Crippen LogP contribution in [0.15, 0.2) is 17.0 Å². The number of hydrogen-bond donors (Lipinski definition) is 2. The number of piperidine rings is 1. The molecular formula is C18H24ClN3O5S. The van der Waals surface area contributed by atoms with E-state index in [-0.39, 0.29) is 59.1 Å². The Balaban J connectivity index is 1.73. The molecule has 0 spiro atoms. The lowest BCUT2D eigenvalue weighted by atomic mass is 9.97. The van der Waals surface area contributed by atoms with Crippen molar-refractivity contribution in [1.82, 2.24) is 9.62 Å². The Morgan fingerprint density at radius 2 is 2.07 bits per heavy atom. The van der Waals surface area contributed by atoms with Gasteiger partial charge < -0.3 is 15.4 Å². The van der Waals surface area contributed by atoms with Crippen LogP contribution in [-0.2, 0) is 19.6 Å². The second-order valence-electron chi connectivity index (χ2n) is 7.11. The summed E-state index contributed by atoms with van der Waals surface area (Å²) in [6.07, 6.45) is 1.76. The van der Waals surface area contributed by atoms with Crippen LogP contribution in [0, 0.1) is 5.92 Å². The van der Waals surface area contributed by atoms with Crippen molar-refractivity contribution >= 4 is 39.1 Å². The standard InChI is InChI=1S/C18H24ClN3O5S/c1-3-11(2)20-18(24)12-4-6-22(7-5-12)28(25,26)16-9-15-14(8-13(16)19)21-17(23)10-27-15/h8-9,11-12H,3-7,10H2,1-2H3,(H,20,24)(H,21,23). The van der Waals surface area contributed by atoms with Gasteiger partial charge in [-0.1, -0.05) is 18.5 Å². The highest BCUT2D eigenvalue weighted by molar-refractivity contribution is 7.89. The Morgan fingerprint density at radius 1 is 1.39 bits per heavy atom. The second-order valence-corrected chi connectivity index (χ2v) is 9.43. The van der Waals surface area contributed by atoms with E-state index in [4.69, 9.17) is 16.3 Å². The fraction of sp³-hybridized carbons (Fsp3) is 0.556. The van der Waals surface area contributed by atoms with Crippen molar-refractivity contribution in [3.63, 3.8) is 0 Å². The zero-order valence-electron chi connectivity index (χ0n) is 15.8. The van der Waals surface area contributed by atoms with Crippen molar-refractivity contribution in [2.75, 3.05) is 25.0 Å². The first kappa shape index (κ1) is 20.9. The molecule has 0 bridgehead atoms. The van der Waals surface area contributed by atoms with Crippen LogP contribution in [-0.4, -0.2) is 50.3 Å². The zero-order chi connectivity index (χ0) is 20.5. The molecule has 28 heavy (non-hydrogen) atoms. The van der Waals surface area contributed by atoms with Gasteiger partial charge in [0, 0.05) is 31.1 Å². The lowest BCUT2D eigenvalue weighted by Crippen LogP contribution is -2.44. The fourth-order valence-corrected chi connectivity index (χ4v) is 5.23. The van der Waals surface area contributed by atoms with E-state index < -0.39 is 10.0 Å². The highest BCUT2D eigenvalue weighted by atomic mass is 35.5. The highest BCUT2D eigenvalue weighted by Crippen LogP contribution is 2.37. The maximum Gasteiger partial charge on any atom is 0.262 e. The molecule has 2 aliphatic heterocycles. The monoisotopic (exact) mass is 429 g/mol. The molecule has 0 aromatic heterocycles. The molecule has 0 saturated carbocycles. The van der Waals surface area contributed by atoms with Gasteiger partial charge in [-0.15, -0.1) is 0 Å². The summed E-state index contributed by atoms with van der Waals surface area (Å²) in [4.78, 5) is 23.6. The maximum atomic E-state index is 13.1. The average molecular weight is 430 g/mol. The molecule has 2 heterocycles. The van der Waals surface area contributed by atoms with Gasteiger partial charge in [-0.2, -0.15) is 4.31 Å². The summed E-state index contributed by atoms with van der Waals surface area (Å²) in [5.41, 5.74) is 0.348. The molecular weight excluding hydrogens is 406 g/mol. The first-order valence-electron chi connectivity index (χ1n) is 9.29. The molecule has 1 fully saturated rings. The van der Waals surface area contributed by atoms with E-state index in [1.807, 2.05) is 13.8 Å². The van der Waals surface area contributed by atoms with Crippen molar-refractivity contribution in [2.24, 2.45) is 5.92 Å². The minimum Gasteiger partial charge on any atom is -0.482 e. The summed E-state index contributed by atoms with van der Waals surface area (Å²) in [5, 5.41) is 5.56. The van der Waals surface area contributed by atoms with Gasteiger partial charge in [0.05, 0.1) is 10.7 Å². The van der Waals surface area contributed by atoms with Crippen LogP contribution in [0.3, 0.4) is 0 Å². The van der Waals surface area contributed by atoms with E-state index in [0.717, 1.165) is 6.42 Å². The predicted octanol–water partition coefficient (Wildman–Crippen LogP) is 1.99.